The average Bonchev–Trinajstić information content (AvgIpc) is 2.14. The normalized spacial score (nSPS) is 26.7. The highest BCUT2D eigenvalue weighted by Gasteiger charge is 2.09. The van der Waals surface area contributed by atoms with Gasteiger partial charge in [-0.25, -0.2) is 5.32 Å². The van der Waals surface area contributed by atoms with Crippen LogP contribution in [-0.2, 0) is 4.84 Å². The molecule has 0 aromatic rings. The molecule has 0 spiro atoms. The van der Waals surface area contributed by atoms with Gasteiger partial charge in [-0.05, 0) is 0 Å². The van der Waals surface area contributed by atoms with Gasteiger partial charge in [0.2, 0.25) is 12.6 Å². The lowest BCUT2D eigenvalue weighted by molar-refractivity contribution is 0.0686. The molecule has 2 radical (unpaired) electrons. The fourth-order valence-corrected chi connectivity index (χ4v) is 0.362. The zero-order valence-electron chi connectivity index (χ0n) is 4.09. The molecule has 0 saturated carbocycles. The van der Waals surface area contributed by atoms with Gasteiger partial charge in [-0.3, -0.25) is 0 Å². The Hall–Kier alpha value is -0.730. The van der Waals surface area contributed by atoms with E-state index in [1.807, 2.05) is 6.92 Å². The van der Waals surface area contributed by atoms with Gasteiger partial charge in [0.25, 0.3) is 0 Å². The molecule has 0 aromatic heterocycles. The molecular weight excluding hydrogens is 92.1 g/mol. The van der Waals surface area contributed by atoms with Crippen LogP contribution in [0.15, 0.2) is 5.16 Å². The van der Waals surface area contributed by atoms with Crippen LogP contribution in [0.5, 0.6) is 0 Å². The van der Waals surface area contributed by atoms with Crippen LogP contribution >= 0.6 is 0 Å². The van der Waals surface area contributed by atoms with Gasteiger partial charge in [0, 0.05) is 6.42 Å². The molecule has 0 aliphatic carbocycles. The van der Waals surface area contributed by atoms with Crippen molar-refractivity contribution in [3.8, 4) is 0 Å². The molecule has 0 fully saturated rings. The van der Waals surface area contributed by atoms with Gasteiger partial charge < -0.3 is 4.84 Å². The Bertz CT molecular complexity index is 73.8. The van der Waals surface area contributed by atoms with Crippen LogP contribution in [0.25, 0.3) is 0 Å². The van der Waals surface area contributed by atoms with E-state index < -0.39 is 0 Å². The third-order valence-corrected chi connectivity index (χ3v) is 0.766. The first kappa shape index (κ1) is 4.43. The van der Waals surface area contributed by atoms with Crippen molar-refractivity contribution in [2.45, 2.75) is 19.6 Å². The fraction of sp³-hybridized carbons (Fsp3) is 0.750. The lowest BCUT2D eigenvalue weighted by atomic mass is 10.4. The van der Waals surface area contributed by atoms with Crippen molar-refractivity contribution in [2.24, 2.45) is 5.16 Å². The Morgan fingerprint density at radius 3 is 3.00 bits per heavy atom. The number of rotatable bonds is 1. The molecule has 1 aliphatic heterocycles. The van der Waals surface area contributed by atoms with Crippen molar-refractivity contribution in [3.63, 3.8) is 0 Å². The Morgan fingerprint density at radius 2 is 2.71 bits per heavy atom. The summed E-state index contributed by atoms with van der Waals surface area (Å²) in [6.45, 7) is 1.98. The van der Waals surface area contributed by atoms with Crippen molar-refractivity contribution < 1.29 is 4.84 Å². The van der Waals surface area contributed by atoms with Crippen LogP contribution in [0.1, 0.15) is 13.3 Å². The van der Waals surface area contributed by atoms with Gasteiger partial charge in [0.1, 0.15) is 0 Å². The summed E-state index contributed by atoms with van der Waals surface area (Å²) in [6.07, 6.45) is 3.17. The van der Waals surface area contributed by atoms with Gasteiger partial charge in [0.15, 0.2) is 0 Å². The van der Waals surface area contributed by atoms with Crippen LogP contribution < -0.4 is 5.32 Å². The minimum absolute atomic E-state index is 0.0556. The maximum absolute atomic E-state index is 4.65. The Labute approximate surface area is 42.3 Å². The maximum atomic E-state index is 4.65. The Balaban J connectivity index is 2.22. The van der Waals surface area contributed by atoms with Crippen LogP contribution in [0.3, 0.4) is 0 Å². The van der Waals surface area contributed by atoms with Crippen molar-refractivity contribution >= 4 is 6.34 Å². The van der Waals surface area contributed by atoms with Crippen molar-refractivity contribution in [2.75, 3.05) is 0 Å². The Morgan fingerprint density at radius 1 is 1.86 bits per heavy atom. The van der Waals surface area contributed by atoms with Gasteiger partial charge in [-0.2, -0.15) is 0 Å². The van der Waals surface area contributed by atoms with Crippen LogP contribution in [0, 0.1) is 0 Å². The van der Waals surface area contributed by atoms with Crippen molar-refractivity contribution in [1.29, 1.82) is 0 Å². The molecule has 0 saturated heterocycles. The van der Waals surface area contributed by atoms with E-state index in [-0.39, 0.29) is 6.23 Å². The predicted octanol–water partition coefficient (Wildman–Crippen LogP) is 0.177. The molecule has 38 valence electrons. The molecule has 3 nitrogen and oxygen atoms in total. The topological polar surface area (TPSA) is 35.7 Å². The first-order chi connectivity index (χ1) is 3.43. The van der Waals surface area contributed by atoms with Gasteiger partial charge in [-0.15, -0.1) is 0 Å². The molecule has 0 amide bonds. The lowest BCUT2D eigenvalue weighted by Gasteiger charge is -1.98. The summed E-state index contributed by atoms with van der Waals surface area (Å²) in [5.74, 6) is 0. The summed E-state index contributed by atoms with van der Waals surface area (Å²) in [5, 5.41) is 7.03. The average molecular weight is 98.1 g/mol. The molecule has 3 heteroatoms. The molecule has 1 unspecified atom stereocenters. The first-order valence-electron chi connectivity index (χ1n) is 2.24. The van der Waals surface area contributed by atoms with E-state index in [2.05, 4.69) is 21.6 Å². The zero-order chi connectivity index (χ0) is 5.11. The molecule has 1 atom stereocenters. The molecule has 7 heavy (non-hydrogen) atoms. The van der Waals surface area contributed by atoms with E-state index >= 15 is 0 Å². The molecule has 1 heterocycles. The van der Waals surface area contributed by atoms with Crippen molar-refractivity contribution in [1.82, 2.24) is 5.32 Å². The molecule has 1 rings (SSSR count). The van der Waals surface area contributed by atoms with E-state index in [0.29, 0.717) is 0 Å². The highest BCUT2D eigenvalue weighted by atomic mass is 16.7. The summed E-state index contributed by atoms with van der Waals surface area (Å²) in [6, 6.07) is 0. The second-order valence-electron chi connectivity index (χ2n) is 1.29. The van der Waals surface area contributed by atoms with Crippen LogP contribution in [0.4, 0.5) is 0 Å². The molecule has 1 aliphatic rings. The zero-order valence-corrected chi connectivity index (χ0v) is 4.09. The second-order valence-corrected chi connectivity index (χ2v) is 1.29. The van der Waals surface area contributed by atoms with Gasteiger partial charge in [-0.1, -0.05) is 12.1 Å². The fourth-order valence-electron chi connectivity index (χ4n) is 0.362. The summed E-state index contributed by atoms with van der Waals surface area (Å²) in [5.41, 5.74) is 0. The third-order valence-electron chi connectivity index (χ3n) is 0.766. The standard InChI is InChI=1S/C4H6N2O/c1-2-4-5-3-6-7-4/h4H,2H2,1H3. The number of hydrogen-bond acceptors (Lipinski definition) is 2. The minimum Gasteiger partial charge on any atom is -0.366 e. The Kier molecular flexibility index (Phi) is 1.15. The third kappa shape index (κ3) is 0.824. The van der Waals surface area contributed by atoms with Crippen LogP contribution in [-0.4, -0.2) is 12.6 Å². The molecule has 0 bridgehead atoms. The minimum atomic E-state index is -0.0556. The first-order valence-corrected chi connectivity index (χ1v) is 2.24. The smallest absolute Gasteiger partial charge is 0.238 e. The molecule has 0 aromatic carbocycles. The summed E-state index contributed by atoms with van der Waals surface area (Å²) < 4.78 is 0. The highest BCUT2D eigenvalue weighted by molar-refractivity contribution is 5.54. The van der Waals surface area contributed by atoms with E-state index in [0.717, 1.165) is 6.42 Å². The second kappa shape index (κ2) is 1.82. The summed E-state index contributed by atoms with van der Waals surface area (Å²) in [4.78, 5) is 4.65. The van der Waals surface area contributed by atoms with Gasteiger partial charge in [0.05, 0.1) is 0 Å². The summed E-state index contributed by atoms with van der Waals surface area (Å²) in [7, 11) is 0. The van der Waals surface area contributed by atoms with Crippen LogP contribution in [0.2, 0.25) is 0 Å². The molecular formula is C4H6N2O. The van der Waals surface area contributed by atoms with E-state index in [4.69, 9.17) is 0 Å². The van der Waals surface area contributed by atoms with Gasteiger partial charge >= 0.3 is 0 Å². The molecule has 0 N–H and O–H groups in total. The number of hydrogen-bond donors (Lipinski definition) is 0. The van der Waals surface area contributed by atoms with E-state index in [1.165, 1.54) is 0 Å². The largest absolute Gasteiger partial charge is 0.366 e. The van der Waals surface area contributed by atoms with E-state index in [1.54, 1.807) is 0 Å². The summed E-state index contributed by atoms with van der Waals surface area (Å²) >= 11 is 0. The number of nitrogens with zero attached hydrogens (tertiary/aromatic N) is 2. The van der Waals surface area contributed by atoms with Crippen molar-refractivity contribution in [3.05, 3.63) is 0 Å². The quantitative estimate of drug-likeness (QED) is 0.460. The van der Waals surface area contributed by atoms with E-state index in [9.17, 15) is 0 Å². The predicted molar refractivity (Wildman–Crippen MR) is 24.7 cm³/mol. The lowest BCUT2D eigenvalue weighted by Crippen LogP contribution is -2.14. The maximum Gasteiger partial charge on any atom is 0.238 e. The highest BCUT2D eigenvalue weighted by Crippen LogP contribution is 1.98. The SMILES string of the molecule is CCC1[N][C]=NO1. The monoisotopic (exact) mass is 98.0 g/mol.